The molecule has 0 radical (unpaired) electrons. The molecule has 1 aliphatic heterocycles. The van der Waals surface area contributed by atoms with Crippen LogP contribution in [-0.4, -0.2) is 50.0 Å². The first-order valence-corrected chi connectivity index (χ1v) is 6.54. The molecule has 2 aromatic heterocycles. The van der Waals surface area contributed by atoms with Crippen LogP contribution in [0.3, 0.4) is 0 Å². The molecule has 0 aromatic carbocycles. The van der Waals surface area contributed by atoms with Gasteiger partial charge in [-0.25, -0.2) is 4.68 Å². The third kappa shape index (κ3) is 2.55. The third-order valence-electron chi connectivity index (χ3n) is 3.04. The highest BCUT2D eigenvalue weighted by Gasteiger charge is 2.25. The Labute approximate surface area is 116 Å². The lowest BCUT2D eigenvalue weighted by molar-refractivity contribution is -0.00572. The van der Waals surface area contributed by atoms with Gasteiger partial charge >= 0.3 is 0 Å². The maximum Gasteiger partial charge on any atom is 0.257 e. The molecule has 1 fully saturated rings. The van der Waals surface area contributed by atoms with Gasteiger partial charge in [-0.05, 0) is 19.9 Å². The van der Waals surface area contributed by atoms with Gasteiger partial charge in [-0.15, -0.1) is 0 Å². The zero-order valence-electron chi connectivity index (χ0n) is 11.5. The van der Waals surface area contributed by atoms with Gasteiger partial charge in [-0.1, -0.05) is 0 Å². The predicted molar refractivity (Wildman–Crippen MR) is 73.6 cm³/mol. The summed E-state index contributed by atoms with van der Waals surface area (Å²) in [5.41, 5.74) is 5.78. The minimum atomic E-state index is 0.130. The summed E-state index contributed by atoms with van der Waals surface area (Å²) in [7, 11) is 0. The van der Waals surface area contributed by atoms with Crippen LogP contribution in [0.2, 0.25) is 0 Å². The molecule has 3 rings (SSSR count). The van der Waals surface area contributed by atoms with Gasteiger partial charge in [0.05, 0.1) is 12.2 Å². The Morgan fingerprint density at radius 3 is 2.50 bits per heavy atom. The van der Waals surface area contributed by atoms with E-state index in [-0.39, 0.29) is 18.2 Å². The lowest BCUT2D eigenvalue weighted by Gasteiger charge is -2.35. The molecule has 1 saturated heterocycles. The minimum absolute atomic E-state index is 0.130. The summed E-state index contributed by atoms with van der Waals surface area (Å²) >= 11 is 0. The van der Waals surface area contributed by atoms with Crippen LogP contribution in [0.4, 0.5) is 11.9 Å². The van der Waals surface area contributed by atoms with Crippen molar-refractivity contribution in [2.24, 2.45) is 0 Å². The molecule has 2 aromatic rings. The van der Waals surface area contributed by atoms with Crippen molar-refractivity contribution >= 4 is 11.9 Å². The van der Waals surface area contributed by atoms with Crippen molar-refractivity contribution in [1.82, 2.24) is 24.7 Å². The topological polar surface area (TPSA) is 95.0 Å². The molecule has 20 heavy (non-hydrogen) atoms. The standard InChI is InChI=1S/C12H17N7O/c1-8-6-18(7-9(2)20-8)11-15-10(13)16-12(17-11)19-5-3-4-14-19/h3-5,8-9H,6-7H2,1-2H3,(H2,13,15,16,17)/t8-,9+. The van der Waals surface area contributed by atoms with Crippen LogP contribution in [0.15, 0.2) is 18.5 Å². The first-order chi connectivity index (χ1) is 9.61. The molecule has 3 heterocycles. The molecule has 8 heteroatoms. The van der Waals surface area contributed by atoms with Crippen LogP contribution in [0.1, 0.15) is 13.8 Å². The van der Waals surface area contributed by atoms with Crippen LogP contribution in [0.5, 0.6) is 0 Å². The fourth-order valence-corrected chi connectivity index (χ4v) is 2.34. The van der Waals surface area contributed by atoms with E-state index in [4.69, 9.17) is 10.5 Å². The number of nitrogen functional groups attached to an aromatic ring is 1. The van der Waals surface area contributed by atoms with Crippen molar-refractivity contribution in [2.75, 3.05) is 23.7 Å². The number of aromatic nitrogens is 5. The molecule has 1 aliphatic rings. The SMILES string of the molecule is C[C@@H]1CN(c2nc(N)nc(-n3cccn3)n2)C[C@H](C)O1. The molecule has 106 valence electrons. The number of anilines is 2. The zero-order valence-corrected chi connectivity index (χ0v) is 11.5. The summed E-state index contributed by atoms with van der Waals surface area (Å²) in [4.78, 5) is 14.8. The highest BCUT2D eigenvalue weighted by Crippen LogP contribution is 2.17. The van der Waals surface area contributed by atoms with Gasteiger partial charge in [0.1, 0.15) is 0 Å². The predicted octanol–water partition coefficient (Wildman–Crippen LogP) is 0.253. The molecule has 0 saturated carbocycles. The number of nitrogens with two attached hydrogens (primary N) is 1. The molecule has 2 N–H and O–H groups in total. The van der Waals surface area contributed by atoms with E-state index in [1.807, 2.05) is 13.8 Å². The first-order valence-electron chi connectivity index (χ1n) is 6.54. The molecular formula is C12H17N7O. The van der Waals surface area contributed by atoms with Crippen LogP contribution < -0.4 is 10.6 Å². The Morgan fingerprint density at radius 1 is 1.15 bits per heavy atom. The smallest absolute Gasteiger partial charge is 0.257 e. The van der Waals surface area contributed by atoms with Crippen molar-refractivity contribution in [3.8, 4) is 5.95 Å². The van der Waals surface area contributed by atoms with E-state index in [0.717, 1.165) is 13.1 Å². The second-order valence-corrected chi connectivity index (χ2v) is 4.91. The Bertz CT molecular complexity index is 575. The van der Waals surface area contributed by atoms with E-state index in [1.165, 1.54) is 0 Å². The summed E-state index contributed by atoms with van der Waals surface area (Å²) in [5.74, 6) is 1.17. The minimum Gasteiger partial charge on any atom is -0.372 e. The normalized spacial score (nSPS) is 23.0. The van der Waals surface area contributed by atoms with Crippen LogP contribution >= 0.6 is 0 Å². The molecule has 0 unspecified atom stereocenters. The van der Waals surface area contributed by atoms with Gasteiger partial charge < -0.3 is 15.4 Å². The number of rotatable bonds is 2. The molecular weight excluding hydrogens is 258 g/mol. The average Bonchev–Trinajstić information content (AvgIpc) is 2.90. The largest absolute Gasteiger partial charge is 0.372 e. The Balaban J connectivity index is 1.93. The zero-order chi connectivity index (χ0) is 14.1. The summed E-state index contributed by atoms with van der Waals surface area (Å²) in [5, 5.41) is 4.11. The summed E-state index contributed by atoms with van der Waals surface area (Å²) in [6.45, 7) is 5.52. The number of hydrogen-bond donors (Lipinski definition) is 1. The van der Waals surface area contributed by atoms with Crippen molar-refractivity contribution < 1.29 is 4.74 Å². The quantitative estimate of drug-likeness (QED) is 0.839. The van der Waals surface area contributed by atoms with E-state index < -0.39 is 0 Å². The maximum absolute atomic E-state index is 5.78. The van der Waals surface area contributed by atoms with E-state index in [9.17, 15) is 0 Å². The van der Waals surface area contributed by atoms with E-state index >= 15 is 0 Å². The van der Waals surface area contributed by atoms with Gasteiger partial charge in [0.2, 0.25) is 11.9 Å². The van der Waals surface area contributed by atoms with Crippen molar-refractivity contribution in [1.29, 1.82) is 0 Å². The Hall–Kier alpha value is -2.22. The van der Waals surface area contributed by atoms with Crippen molar-refractivity contribution in [3.05, 3.63) is 18.5 Å². The summed E-state index contributed by atoms with van der Waals surface area (Å²) in [6, 6.07) is 1.80. The summed E-state index contributed by atoms with van der Waals surface area (Å²) in [6.07, 6.45) is 3.69. The molecule has 8 nitrogen and oxygen atoms in total. The number of hydrogen-bond acceptors (Lipinski definition) is 7. The Morgan fingerprint density at radius 2 is 1.85 bits per heavy atom. The van der Waals surface area contributed by atoms with Gasteiger partial charge in [-0.3, -0.25) is 0 Å². The lowest BCUT2D eigenvalue weighted by atomic mass is 10.2. The lowest BCUT2D eigenvalue weighted by Crippen LogP contribution is -2.46. The van der Waals surface area contributed by atoms with Crippen LogP contribution in [0.25, 0.3) is 5.95 Å². The van der Waals surface area contributed by atoms with Gasteiger partial charge in [0.25, 0.3) is 5.95 Å². The number of morpholine rings is 1. The highest BCUT2D eigenvalue weighted by atomic mass is 16.5. The summed E-state index contributed by atoms with van der Waals surface area (Å²) < 4.78 is 7.27. The molecule has 2 atom stereocenters. The Kier molecular flexibility index (Phi) is 3.23. The maximum atomic E-state index is 5.78. The highest BCUT2D eigenvalue weighted by molar-refractivity contribution is 5.38. The van der Waals surface area contributed by atoms with Crippen molar-refractivity contribution in [2.45, 2.75) is 26.1 Å². The van der Waals surface area contributed by atoms with Crippen LogP contribution in [-0.2, 0) is 4.74 Å². The van der Waals surface area contributed by atoms with Crippen LogP contribution in [0, 0.1) is 0 Å². The van der Waals surface area contributed by atoms with Gasteiger partial charge in [0.15, 0.2) is 0 Å². The van der Waals surface area contributed by atoms with E-state index in [0.29, 0.717) is 11.9 Å². The third-order valence-corrected chi connectivity index (χ3v) is 3.04. The second-order valence-electron chi connectivity index (χ2n) is 4.91. The molecule has 0 spiro atoms. The number of ether oxygens (including phenoxy) is 1. The van der Waals surface area contributed by atoms with E-state index in [1.54, 1.807) is 23.1 Å². The fourth-order valence-electron chi connectivity index (χ4n) is 2.34. The van der Waals surface area contributed by atoms with Gasteiger partial charge in [-0.2, -0.15) is 20.1 Å². The molecule has 0 amide bonds. The first kappa shape index (κ1) is 12.8. The number of nitrogens with zero attached hydrogens (tertiary/aromatic N) is 6. The second kappa shape index (κ2) is 5.04. The molecule has 0 bridgehead atoms. The molecule has 0 aliphatic carbocycles. The average molecular weight is 275 g/mol. The van der Waals surface area contributed by atoms with E-state index in [2.05, 4.69) is 25.0 Å². The fraction of sp³-hybridized carbons (Fsp3) is 0.500. The van der Waals surface area contributed by atoms with Gasteiger partial charge in [0, 0.05) is 25.5 Å². The monoisotopic (exact) mass is 275 g/mol. The van der Waals surface area contributed by atoms with Crippen molar-refractivity contribution in [3.63, 3.8) is 0 Å².